The molecular formula is C17H20ClNO. The lowest BCUT2D eigenvalue weighted by Gasteiger charge is -2.19. The van der Waals surface area contributed by atoms with Gasteiger partial charge in [0.25, 0.3) is 0 Å². The van der Waals surface area contributed by atoms with Gasteiger partial charge in [-0.3, -0.25) is 0 Å². The molecule has 1 unspecified atom stereocenters. The first kappa shape index (κ1) is 14.9. The van der Waals surface area contributed by atoms with Crippen LogP contribution in [-0.2, 0) is 6.42 Å². The Bertz CT molecular complexity index is 583. The van der Waals surface area contributed by atoms with Crippen molar-refractivity contribution in [2.24, 2.45) is 5.73 Å². The van der Waals surface area contributed by atoms with Gasteiger partial charge < -0.3 is 10.5 Å². The highest BCUT2D eigenvalue weighted by molar-refractivity contribution is 6.30. The molecule has 20 heavy (non-hydrogen) atoms. The molecule has 0 aliphatic rings. The molecule has 0 radical (unpaired) electrons. The molecule has 2 aromatic carbocycles. The van der Waals surface area contributed by atoms with E-state index in [2.05, 4.69) is 31.2 Å². The second-order valence-electron chi connectivity index (χ2n) is 5.01. The van der Waals surface area contributed by atoms with E-state index in [0.29, 0.717) is 11.6 Å². The highest BCUT2D eigenvalue weighted by Gasteiger charge is 2.16. The highest BCUT2D eigenvalue weighted by Crippen LogP contribution is 2.31. The van der Waals surface area contributed by atoms with Crippen LogP contribution in [0.2, 0.25) is 5.02 Å². The number of methoxy groups -OCH3 is 1. The fourth-order valence-corrected chi connectivity index (χ4v) is 2.65. The molecule has 0 saturated heterocycles. The monoisotopic (exact) mass is 289 g/mol. The van der Waals surface area contributed by atoms with Crippen molar-refractivity contribution in [1.29, 1.82) is 0 Å². The van der Waals surface area contributed by atoms with Gasteiger partial charge in [-0.1, -0.05) is 41.4 Å². The first-order valence-corrected chi connectivity index (χ1v) is 7.11. The summed E-state index contributed by atoms with van der Waals surface area (Å²) in [6.07, 6.45) is 0.884. The van der Waals surface area contributed by atoms with Gasteiger partial charge in [0, 0.05) is 16.5 Å². The molecule has 0 aliphatic heterocycles. The summed E-state index contributed by atoms with van der Waals surface area (Å²) in [4.78, 5) is 0. The van der Waals surface area contributed by atoms with Gasteiger partial charge in [0.2, 0.25) is 0 Å². The second kappa shape index (κ2) is 6.78. The van der Waals surface area contributed by atoms with Crippen LogP contribution in [0.5, 0.6) is 5.75 Å². The van der Waals surface area contributed by atoms with Crippen LogP contribution < -0.4 is 10.5 Å². The molecule has 0 aliphatic carbocycles. The third kappa shape index (κ3) is 3.53. The molecular weight excluding hydrogens is 270 g/mol. The number of benzene rings is 2. The molecule has 0 saturated carbocycles. The summed E-state index contributed by atoms with van der Waals surface area (Å²) in [7, 11) is 1.67. The molecule has 3 heteroatoms. The van der Waals surface area contributed by atoms with Crippen LogP contribution in [0.1, 0.15) is 22.6 Å². The lowest BCUT2D eigenvalue weighted by molar-refractivity contribution is 0.405. The first-order valence-electron chi connectivity index (χ1n) is 6.73. The Morgan fingerprint density at radius 2 is 2.00 bits per heavy atom. The van der Waals surface area contributed by atoms with Crippen molar-refractivity contribution in [2.45, 2.75) is 19.3 Å². The van der Waals surface area contributed by atoms with E-state index in [1.54, 1.807) is 7.11 Å². The van der Waals surface area contributed by atoms with E-state index < -0.39 is 0 Å². The van der Waals surface area contributed by atoms with Gasteiger partial charge in [-0.25, -0.2) is 0 Å². The quantitative estimate of drug-likeness (QED) is 0.905. The van der Waals surface area contributed by atoms with Gasteiger partial charge in [-0.15, -0.1) is 0 Å². The van der Waals surface area contributed by atoms with E-state index in [-0.39, 0.29) is 5.92 Å². The average Bonchev–Trinajstić information content (AvgIpc) is 2.45. The van der Waals surface area contributed by atoms with E-state index in [1.807, 2.05) is 18.2 Å². The summed E-state index contributed by atoms with van der Waals surface area (Å²) < 4.78 is 5.43. The van der Waals surface area contributed by atoms with Crippen molar-refractivity contribution in [3.8, 4) is 5.75 Å². The predicted octanol–water partition coefficient (Wildman–Crippen LogP) is 3.94. The maximum absolute atomic E-state index is 6.11. The Kier molecular flexibility index (Phi) is 5.05. The van der Waals surface area contributed by atoms with Gasteiger partial charge in [-0.2, -0.15) is 0 Å². The molecule has 0 bridgehead atoms. The van der Waals surface area contributed by atoms with Crippen molar-refractivity contribution in [3.05, 3.63) is 64.2 Å². The van der Waals surface area contributed by atoms with E-state index in [4.69, 9.17) is 22.1 Å². The Hall–Kier alpha value is -1.51. The number of ether oxygens (including phenoxy) is 1. The molecule has 0 amide bonds. The molecule has 0 aromatic heterocycles. The lowest BCUT2D eigenvalue weighted by atomic mass is 9.91. The zero-order chi connectivity index (χ0) is 14.5. The van der Waals surface area contributed by atoms with Crippen LogP contribution in [0, 0.1) is 6.92 Å². The van der Waals surface area contributed by atoms with Gasteiger partial charge in [-0.05, 0) is 43.7 Å². The Balaban J connectivity index is 2.30. The van der Waals surface area contributed by atoms with Crippen LogP contribution >= 0.6 is 11.6 Å². The minimum absolute atomic E-state index is 0.199. The highest BCUT2D eigenvalue weighted by atomic mass is 35.5. The Morgan fingerprint density at radius 3 is 2.65 bits per heavy atom. The number of hydrogen-bond acceptors (Lipinski definition) is 2. The summed E-state index contributed by atoms with van der Waals surface area (Å²) in [6.45, 7) is 2.66. The minimum atomic E-state index is 0.199. The molecule has 2 aromatic rings. The van der Waals surface area contributed by atoms with Crippen molar-refractivity contribution in [2.75, 3.05) is 13.7 Å². The maximum atomic E-state index is 6.11. The summed E-state index contributed by atoms with van der Waals surface area (Å²) in [5.74, 6) is 1.04. The zero-order valence-electron chi connectivity index (χ0n) is 11.9. The predicted molar refractivity (Wildman–Crippen MR) is 84.7 cm³/mol. The van der Waals surface area contributed by atoms with Crippen molar-refractivity contribution < 1.29 is 4.74 Å². The van der Waals surface area contributed by atoms with Crippen LogP contribution in [-0.4, -0.2) is 13.7 Å². The van der Waals surface area contributed by atoms with E-state index in [0.717, 1.165) is 17.7 Å². The summed E-state index contributed by atoms with van der Waals surface area (Å²) in [6, 6.07) is 14.2. The fraction of sp³-hybridized carbons (Fsp3) is 0.294. The van der Waals surface area contributed by atoms with Gasteiger partial charge in [0.05, 0.1) is 7.11 Å². The van der Waals surface area contributed by atoms with E-state index >= 15 is 0 Å². The van der Waals surface area contributed by atoms with Crippen LogP contribution in [0.3, 0.4) is 0 Å². The van der Waals surface area contributed by atoms with Crippen molar-refractivity contribution >= 4 is 11.6 Å². The van der Waals surface area contributed by atoms with Gasteiger partial charge in [0.1, 0.15) is 5.75 Å². The second-order valence-corrected chi connectivity index (χ2v) is 5.45. The van der Waals surface area contributed by atoms with Crippen LogP contribution in [0.15, 0.2) is 42.5 Å². The molecule has 106 valence electrons. The van der Waals surface area contributed by atoms with E-state index in [9.17, 15) is 0 Å². The molecule has 0 spiro atoms. The van der Waals surface area contributed by atoms with Gasteiger partial charge >= 0.3 is 0 Å². The third-order valence-electron chi connectivity index (χ3n) is 3.48. The number of halogens is 1. The SMILES string of the molecule is COc1ccc(Cl)cc1C(CN)Cc1cccc(C)c1. The van der Waals surface area contributed by atoms with Crippen LogP contribution in [0.25, 0.3) is 0 Å². The van der Waals surface area contributed by atoms with Crippen molar-refractivity contribution in [3.63, 3.8) is 0 Å². The number of rotatable bonds is 5. The summed E-state index contributed by atoms with van der Waals surface area (Å²) >= 11 is 6.11. The topological polar surface area (TPSA) is 35.2 Å². The molecule has 1 atom stereocenters. The smallest absolute Gasteiger partial charge is 0.122 e. The molecule has 2 N–H and O–H groups in total. The summed E-state index contributed by atoms with van der Waals surface area (Å²) in [5.41, 5.74) is 9.58. The molecule has 0 heterocycles. The molecule has 2 nitrogen and oxygen atoms in total. The molecule has 2 rings (SSSR count). The third-order valence-corrected chi connectivity index (χ3v) is 3.72. The van der Waals surface area contributed by atoms with E-state index in [1.165, 1.54) is 11.1 Å². The van der Waals surface area contributed by atoms with Gasteiger partial charge in [0.15, 0.2) is 0 Å². The Morgan fingerprint density at radius 1 is 1.20 bits per heavy atom. The van der Waals surface area contributed by atoms with Crippen LogP contribution in [0.4, 0.5) is 0 Å². The number of nitrogens with two attached hydrogens (primary N) is 1. The normalized spacial score (nSPS) is 12.2. The first-order chi connectivity index (χ1) is 9.63. The standard InChI is InChI=1S/C17H20ClNO/c1-12-4-3-5-13(8-12)9-14(11-19)16-10-15(18)6-7-17(16)20-2/h3-8,10,14H,9,11,19H2,1-2H3. The Labute approximate surface area is 125 Å². The zero-order valence-corrected chi connectivity index (χ0v) is 12.7. The maximum Gasteiger partial charge on any atom is 0.122 e. The fourth-order valence-electron chi connectivity index (χ4n) is 2.47. The number of aryl methyl sites for hydroxylation is 1. The van der Waals surface area contributed by atoms with Crippen molar-refractivity contribution in [1.82, 2.24) is 0 Å². The lowest BCUT2D eigenvalue weighted by Crippen LogP contribution is -2.16. The molecule has 0 fully saturated rings. The summed E-state index contributed by atoms with van der Waals surface area (Å²) in [5, 5.41) is 0.712. The average molecular weight is 290 g/mol. The number of hydrogen-bond donors (Lipinski definition) is 1. The largest absolute Gasteiger partial charge is 0.496 e. The minimum Gasteiger partial charge on any atom is -0.496 e.